The molecule has 0 spiro atoms. The molecule has 4 aliphatic carbocycles. The molecule has 6 aliphatic rings. The molecule has 0 atom stereocenters. The highest BCUT2D eigenvalue weighted by atomic mass is 32.2. The van der Waals surface area contributed by atoms with E-state index in [2.05, 4.69) is 180 Å². The predicted octanol–water partition coefficient (Wildman–Crippen LogP) is 12.1. The minimum absolute atomic E-state index is 0.0178. The van der Waals surface area contributed by atoms with Crippen LogP contribution in [0.25, 0.3) is 33.2 Å². The molecule has 5 heteroatoms. The lowest BCUT2D eigenvalue weighted by atomic mass is 9.36. The number of fused-ring (bicyclic) bond motifs is 8. The smallest absolute Gasteiger partial charge is 0.273 e. The van der Waals surface area contributed by atoms with Crippen molar-refractivity contribution in [3.8, 4) is 11.4 Å². The van der Waals surface area contributed by atoms with Crippen molar-refractivity contribution in [3.63, 3.8) is 0 Å². The molecule has 0 unspecified atom stereocenters. The lowest BCUT2D eigenvalue weighted by Gasteiger charge is -2.57. The first-order valence-corrected chi connectivity index (χ1v) is 22.8. The quantitative estimate of drug-likeness (QED) is 0.165. The van der Waals surface area contributed by atoms with Crippen molar-refractivity contribution in [3.05, 3.63) is 157 Å². The van der Waals surface area contributed by atoms with Crippen molar-refractivity contribution in [2.45, 2.75) is 79.9 Å². The van der Waals surface area contributed by atoms with E-state index in [9.17, 15) is 0 Å². The van der Waals surface area contributed by atoms with Gasteiger partial charge in [0.2, 0.25) is 0 Å². The molecule has 4 fully saturated rings. The first-order valence-electron chi connectivity index (χ1n) is 22.0. The van der Waals surface area contributed by atoms with Crippen molar-refractivity contribution in [1.82, 2.24) is 9.13 Å². The highest BCUT2D eigenvalue weighted by Crippen LogP contribution is 2.62. The molecule has 14 rings (SSSR count). The van der Waals surface area contributed by atoms with Gasteiger partial charge < -0.3 is 4.57 Å². The van der Waals surface area contributed by atoms with E-state index in [1.165, 1.54) is 121 Å². The topological polar surface area (TPSA) is 13.1 Å². The molecule has 0 N–H and O–H groups in total. The van der Waals surface area contributed by atoms with Gasteiger partial charge in [0.25, 0.3) is 6.71 Å². The summed E-state index contributed by atoms with van der Waals surface area (Å²) in [6.07, 6.45) is 8.38. The maximum atomic E-state index is 2.72. The summed E-state index contributed by atoms with van der Waals surface area (Å²) in [6, 6.07) is 55.6. The van der Waals surface area contributed by atoms with Gasteiger partial charge in [0, 0.05) is 43.5 Å². The number of rotatable bonds is 4. The third-order valence-electron chi connectivity index (χ3n) is 15.1. The SMILES string of the molecule is CC(C)(C)c1ccc(N2c3cc(C45CC6CC(CC(C6)C4)C5)cc4c3B(c3c2n(-c2ccccc2)c2ccccc32)c2c(c3ccccc3n2-c2ccccc2)S4)cc1. The van der Waals surface area contributed by atoms with Crippen LogP contribution < -0.4 is 21.4 Å². The van der Waals surface area contributed by atoms with Gasteiger partial charge in [-0.3, -0.25) is 9.47 Å². The zero-order valence-corrected chi connectivity index (χ0v) is 35.0. The molecule has 0 radical (unpaired) electrons. The standard InChI is InChI=1S/C54H48BN3S/c1-53(2,3)37-22-24-41(25-23-37)58-46-29-38(54-31-34-26-35(32-54)28-36(27-34)33-54)30-47-49(46)55(48-42-18-10-12-20-44(42)57(52(48)58)40-16-8-5-9-17-40)51-50(59-47)43-19-11-13-21-45(43)56(51)39-14-6-4-7-15-39/h4-25,29-30,34-36H,26-28,31-33H2,1-3H3. The molecule has 4 heterocycles. The molecule has 0 saturated heterocycles. The van der Waals surface area contributed by atoms with Gasteiger partial charge >= 0.3 is 0 Å². The molecular weight excluding hydrogens is 733 g/mol. The fourth-order valence-electron chi connectivity index (χ4n) is 13.0. The number of anilines is 3. The second-order valence-electron chi connectivity index (χ2n) is 19.6. The van der Waals surface area contributed by atoms with Crippen molar-refractivity contribution in [1.29, 1.82) is 0 Å². The summed E-state index contributed by atoms with van der Waals surface area (Å²) >= 11 is 2.04. The van der Waals surface area contributed by atoms with E-state index in [1.54, 1.807) is 5.56 Å². The Labute approximate surface area is 352 Å². The normalized spacial score (nSPS) is 22.5. The van der Waals surface area contributed by atoms with Crippen LogP contribution in [0.5, 0.6) is 0 Å². The van der Waals surface area contributed by atoms with E-state index in [1.807, 2.05) is 11.8 Å². The Hall–Kier alpha value is -5.39. The van der Waals surface area contributed by atoms with E-state index in [0.29, 0.717) is 0 Å². The van der Waals surface area contributed by atoms with Gasteiger partial charge in [-0.15, -0.1) is 0 Å². The Bertz CT molecular complexity index is 2950. The molecule has 2 aromatic heterocycles. The maximum Gasteiger partial charge on any atom is 0.273 e. The van der Waals surface area contributed by atoms with Gasteiger partial charge in [0.15, 0.2) is 0 Å². The average Bonchev–Trinajstić information content (AvgIpc) is 3.77. The van der Waals surface area contributed by atoms with E-state index in [0.717, 1.165) is 17.8 Å². The molecule has 4 saturated carbocycles. The number of benzene rings is 6. The maximum absolute atomic E-state index is 2.72. The van der Waals surface area contributed by atoms with Crippen LogP contribution in [0.3, 0.4) is 0 Å². The zero-order valence-electron chi connectivity index (χ0n) is 34.2. The fourth-order valence-corrected chi connectivity index (χ4v) is 14.3. The van der Waals surface area contributed by atoms with Gasteiger partial charge in [-0.2, -0.15) is 0 Å². The van der Waals surface area contributed by atoms with Gasteiger partial charge in [-0.25, -0.2) is 0 Å². The van der Waals surface area contributed by atoms with Gasteiger partial charge in [-0.1, -0.05) is 117 Å². The molecule has 3 nitrogen and oxygen atoms in total. The monoisotopic (exact) mass is 781 g/mol. The first-order chi connectivity index (χ1) is 28.8. The van der Waals surface area contributed by atoms with Crippen molar-refractivity contribution in [2.24, 2.45) is 17.8 Å². The van der Waals surface area contributed by atoms with E-state index < -0.39 is 0 Å². The highest BCUT2D eigenvalue weighted by Gasteiger charge is 2.53. The number of para-hydroxylation sites is 4. The number of hydrogen-bond acceptors (Lipinski definition) is 2. The second-order valence-corrected chi connectivity index (χ2v) is 20.7. The van der Waals surface area contributed by atoms with Crippen LogP contribution in [-0.4, -0.2) is 15.8 Å². The van der Waals surface area contributed by atoms with E-state index >= 15 is 0 Å². The third-order valence-corrected chi connectivity index (χ3v) is 16.2. The minimum atomic E-state index is 0.0178. The number of hydrogen-bond donors (Lipinski definition) is 0. The highest BCUT2D eigenvalue weighted by molar-refractivity contribution is 8.00. The Kier molecular flexibility index (Phi) is 7.21. The summed E-state index contributed by atoms with van der Waals surface area (Å²) < 4.78 is 5.19. The molecule has 8 aromatic rings. The van der Waals surface area contributed by atoms with Gasteiger partial charge in [-0.05, 0) is 155 Å². The van der Waals surface area contributed by atoms with Crippen LogP contribution in [0, 0.1) is 17.8 Å². The van der Waals surface area contributed by atoms with Gasteiger partial charge in [0.05, 0.1) is 11.0 Å². The lowest BCUT2D eigenvalue weighted by Crippen LogP contribution is -2.61. The molecule has 2 aliphatic heterocycles. The van der Waals surface area contributed by atoms with Gasteiger partial charge in [0.1, 0.15) is 5.82 Å². The van der Waals surface area contributed by atoms with E-state index in [-0.39, 0.29) is 17.5 Å². The van der Waals surface area contributed by atoms with Crippen LogP contribution in [0.1, 0.15) is 70.4 Å². The average molecular weight is 782 g/mol. The van der Waals surface area contributed by atoms with Crippen LogP contribution in [0.4, 0.5) is 17.2 Å². The Morgan fingerprint density at radius 3 is 1.76 bits per heavy atom. The first kappa shape index (κ1) is 34.5. The van der Waals surface area contributed by atoms with Crippen LogP contribution in [0.2, 0.25) is 0 Å². The summed E-state index contributed by atoms with van der Waals surface area (Å²) in [7, 11) is 0. The summed E-state index contributed by atoms with van der Waals surface area (Å²) in [5.41, 5.74) is 15.0. The molecule has 288 valence electrons. The van der Waals surface area contributed by atoms with E-state index in [4.69, 9.17) is 0 Å². The summed E-state index contributed by atoms with van der Waals surface area (Å²) in [4.78, 5) is 5.54. The van der Waals surface area contributed by atoms with Crippen molar-refractivity contribution < 1.29 is 0 Å². The summed E-state index contributed by atoms with van der Waals surface area (Å²) in [5, 5.41) is 2.66. The van der Waals surface area contributed by atoms with Crippen LogP contribution in [-0.2, 0) is 10.8 Å². The summed E-state index contributed by atoms with van der Waals surface area (Å²) in [6.45, 7) is 6.99. The Balaban J connectivity index is 1.18. The minimum Gasteiger partial charge on any atom is -0.320 e. The largest absolute Gasteiger partial charge is 0.320 e. The van der Waals surface area contributed by atoms with Crippen molar-refractivity contribution in [2.75, 3.05) is 4.90 Å². The molecule has 6 aromatic carbocycles. The van der Waals surface area contributed by atoms with Crippen LogP contribution in [0.15, 0.2) is 155 Å². The van der Waals surface area contributed by atoms with Crippen LogP contribution >= 0.6 is 11.8 Å². The predicted molar refractivity (Wildman–Crippen MR) is 249 cm³/mol. The zero-order chi connectivity index (χ0) is 39.2. The molecular formula is C54H48BN3S. The molecule has 59 heavy (non-hydrogen) atoms. The van der Waals surface area contributed by atoms with Crippen molar-refractivity contribution >= 4 is 74.0 Å². The number of nitrogens with zero attached hydrogens (tertiary/aromatic N) is 3. The third kappa shape index (κ3) is 4.91. The molecule has 4 bridgehead atoms. The summed E-state index contributed by atoms with van der Waals surface area (Å²) in [5.74, 6) is 3.88. The fraction of sp³-hybridized carbons (Fsp3) is 0.259. The second kappa shape index (κ2) is 12.3. The Morgan fingerprint density at radius 1 is 0.576 bits per heavy atom. The number of aromatic nitrogens is 2. The molecule has 0 amide bonds. The Morgan fingerprint density at radius 2 is 1.14 bits per heavy atom. The lowest BCUT2D eigenvalue weighted by molar-refractivity contribution is -0.00524.